The Morgan fingerprint density at radius 2 is 2.00 bits per heavy atom. The molecule has 0 aliphatic carbocycles. The standard InChI is InChI=1S/C13H19NO2/c1-10(13(15)16-2)8-12(14)9-11-6-4-3-5-7-11/h3-7,10,12H,8-9,14H2,1-2H3. The lowest BCUT2D eigenvalue weighted by Crippen LogP contribution is -2.28. The van der Waals surface area contributed by atoms with Crippen LogP contribution in [0.5, 0.6) is 0 Å². The number of ether oxygens (including phenoxy) is 1. The van der Waals surface area contributed by atoms with E-state index in [-0.39, 0.29) is 17.9 Å². The van der Waals surface area contributed by atoms with Crippen LogP contribution >= 0.6 is 0 Å². The highest BCUT2D eigenvalue weighted by Gasteiger charge is 2.16. The summed E-state index contributed by atoms with van der Waals surface area (Å²) >= 11 is 0. The predicted octanol–water partition coefficient (Wildman–Crippen LogP) is 1.76. The molecule has 0 saturated carbocycles. The van der Waals surface area contributed by atoms with Gasteiger partial charge in [-0.3, -0.25) is 4.79 Å². The van der Waals surface area contributed by atoms with E-state index in [0.29, 0.717) is 6.42 Å². The van der Waals surface area contributed by atoms with Gasteiger partial charge in [-0.25, -0.2) is 0 Å². The third kappa shape index (κ3) is 4.03. The second-order valence-electron chi connectivity index (χ2n) is 4.11. The molecule has 1 aromatic rings. The number of carbonyl (C=O) groups excluding carboxylic acids is 1. The van der Waals surface area contributed by atoms with E-state index in [1.165, 1.54) is 12.7 Å². The SMILES string of the molecule is COC(=O)C(C)CC(N)Cc1ccccc1. The minimum absolute atomic E-state index is 0.00324. The first kappa shape index (κ1) is 12.7. The van der Waals surface area contributed by atoms with Gasteiger partial charge in [-0.05, 0) is 18.4 Å². The van der Waals surface area contributed by atoms with Crippen LogP contribution < -0.4 is 5.73 Å². The van der Waals surface area contributed by atoms with E-state index in [9.17, 15) is 4.79 Å². The molecule has 2 N–H and O–H groups in total. The Balaban J connectivity index is 2.42. The quantitative estimate of drug-likeness (QED) is 0.771. The number of rotatable bonds is 5. The largest absolute Gasteiger partial charge is 0.469 e. The number of carbonyl (C=O) groups is 1. The molecular formula is C13H19NO2. The molecule has 88 valence electrons. The van der Waals surface area contributed by atoms with Gasteiger partial charge in [0, 0.05) is 6.04 Å². The fourth-order valence-corrected chi connectivity index (χ4v) is 1.75. The summed E-state index contributed by atoms with van der Waals surface area (Å²) in [5, 5.41) is 0. The Kier molecular flexibility index (Phi) is 4.99. The average molecular weight is 221 g/mol. The molecule has 2 unspecified atom stereocenters. The van der Waals surface area contributed by atoms with Crippen LogP contribution in [0.15, 0.2) is 30.3 Å². The maximum Gasteiger partial charge on any atom is 0.308 e. The molecule has 0 saturated heterocycles. The number of esters is 1. The van der Waals surface area contributed by atoms with E-state index in [2.05, 4.69) is 4.74 Å². The number of methoxy groups -OCH3 is 1. The summed E-state index contributed by atoms with van der Waals surface area (Å²) in [6.07, 6.45) is 1.45. The summed E-state index contributed by atoms with van der Waals surface area (Å²) < 4.78 is 4.67. The molecule has 3 heteroatoms. The van der Waals surface area contributed by atoms with Crippen LogP contribution in [0.4, 0.5) is 0 Å². The van der Waals surface area contributed by atoms with Gasteiger partial charge >= 0.3 is 5.97 Å². The van der Waals surface area contributed by atoms with Crippen molar-refractivity contribution >= 4 is 5.97 Å². The number of benzene rings is 1. The molecule has 3 nitrogen and oxygen atoms in total. The van der Waals surface area contributed by atoms with E-state index in [0.717, 1.165) is 6.42 Å². The van der Waals surface area contributed by atoms with Gasteiger partial charge in [0.05, 0.1) is 13.0 Å². The second kappa shape index (κ2) is 6.28. The van der Waals surface area contributed by atoms with Gasteiger partial charge < -0.3 is 10.5 Å². The Labute approximate surface area is 96.6 Å². The second-order valence-corrected chi connectivity index (χ2v) is 4.11. The van der Waals surface area contributed by atoms with Crippen molar-refractivity contribution in [3.8, 4) is 0 Å². The van der Waals surface area contributed by atoms with Crippen molar-refractivity contribution in [3.05, 3.63) is 35.9 Å². The maximum atomic E-state index is 11.2. The maximum absolute atomic E-state index is 11.2. The van der Waals surface area contributed by atoms with Crippen LogP contribution in [0.25, 0.3) is 0 Å². The lowest BCUT2D eigenvalue weighted by Gasteiger charge is -2.15. The molecule has 16 heavy (non-hydrogen) atoms. The Hall–Kier alpha value is -1.35. The van der Waals surface area contributed by atoms with Crippen LogP contribution in [-0.4, -0.2) is 19.1 Å². The van der Waals surface area contributed by atoms with E-state index in [1.807, 2.05) is 37.3 Å². The van der Waals surface area contributed by atoms with Crippen LogP contribution in [-0.2, 0) is 16.0 Å². The third-order valence-corrected chi connectivity index (χ3v) is 2.60. The van der Waals surface area contributed by atoms with E-state index in [1.54, 1.807) is 0 Å². The molecule has 0 fully saturated rings. The summed E-state index contributed by atoms with van der Waals surface area (Å²) in [5.41, 5.74) is 7.19. The molecule has 2 atom stereocenters. The average Bonchev–Trinajstić information content (AvgIpc) is 2.29. The highest BCUT2D eigenvalue weighted by molar-refractivity contribution is 5.71. The van der Waals surface area contributed by atoms with Crippen molar-refractivity contribution in [1.82, 2.24) is 0 Å². The predicted molar refractivity (Wildman–Crippen MR) is 63.9 cm³/mol. The minimum atomic E-state index is -0.191. The first-order valence-corrected chi connectivity index (χ1v) is 5.50. The fraction of sp³-hybridized carbons (Fsp3) is 0.462. The van der Waals surface area contributed by atoms with Gasteiger partial charge in [0.15, 0.2) is 0 Å². The lowest BCUT2D eigenvalue weighted by atomic mass is 9.97. The summed E-state index contributed by atoms with van der Waals surface area (Å²) in [5.74, 6) is -0.327. The summed E-state index contributed by atoms with van der Waals surface area (Å²) in [6, 6.07) is 10.0. The first-order chi connectivity index (χ1) is 7.63. The molecule has 1 aromatic carbocycles. The first-order valence-electron chi connectivity index (χ1n) is 5.50. The van der Waals surface area contributed by atoms with Gasteiger partial charge in [0.1, 0.15) is 0 Å². The van der Waals surface area contributed by atoms with Gasteiger partial charge in [0.25, 0.3) is 0 Å². The number of hydrogen-bond acceptors (Lipinski definition) is 3. The number of nitrogens with two attached hydrogens (primary N) is 1. The van der Waals surface area contributed by atoms with Crippen LogP contribution in [0, 0.1) is 5.92 Å². The molecule has 1 rings (SSSR count). The highest BCUT2D eigenvalue weighted by atomic mass is 16.5. The fourth-order valence-electron chi connectivity index (χ4n) is 1.75. The molecule has 0 amide bonds. The van der Waals surface area contributed by atoms with Crippen molar-refractivity contribution < 1.29 is 9.53 Å². The van der Waals surface area contributed by atoms with E-state index < -0.39 is 0 Å². The van der Waals surface area contributed by atoms with Crippen LogP contribution in [0.2, 0.25) is 0 Å². The number of hydrogen-bond donors (Lipinski definition) is 1. The van der Waals surface area contributed by atoms with Crippen molar-refractivity contribution in [3.63, 3.8) is 0 Å². The molecular weight excluding hydrogens is 202 g/mol. The topological polar surface area (TPSA) is 52.3 Å². The van der Waals surface area contributed by atoms with Gasteiger partial charge in [-0.1, -0.05) is 37.3 Å². The van der Waals surface area contributed by atoms with Crippen molar-refractivity contribution in [2.75, 3.05) is 7.11 Å². The zero-order valence-electron chi connectivity index (χ0n) is 9.85. The minimum Gasteiger partial charge on any atom is -0.469 e. The van der Waals surface area contributed by atoms with Crippen molar-refractivity contribution in [2.24, 2.45) is 11.7 Å². The van der Waals surface area contributed by atoms with Crippen molar-refractivity contribution in [2.45, 2.75) is 25.8 Å². The van der Waals surface area contributed by atoms with Gasteiger partial charge in [-0.2, -0.15) is 0 Å². The van der Waals surface area contributed by atoms with E-state index >= 15 is 0 Å². The monoisotopic (exact) mass is 221 g/mol. The molecule has 0 aromatic heterocycles. The molecule has 0 aliphatic heterocycles. The normalized spacial score (nSPS) is 14.2. The molecule has 0 bridgehead atoms. The smallest absolute Gasteiger partial charge is 0.308 e. The summed E-state index contributed by atoms with van der Waals surface area (Å²) in [6.45, 7) is 1.84. The third-order valence-electron chi connectivity index (χ3n) is 2.60. The Morgan fingerprint density at radius 1 is 1.38 bits per heavy atom. The zero-order valence-corrected chi connectivity index (χ0v) is 9.85. The Morgan fingerprint density at radius 3 is 2.56 bits per heavy atom. The van der Waals surface area contributed by atoms with Crippen LogP contribution in [0.1, 0.15) is 18.9 Å². The Bertz CT molecular complexity index is 324. The van der Waals surface area contributed by atoms with E-state index in [4.69, 9.17) is 5.73 Å². The lowest BCUT2D eigenvalue weighted by molar-refractivity contribution is -0.145. The molecule has 0 spiro atoms. The highest BCUT2D eigenvalue weighted by Crippen LogP contribution is 2.11. The molecule has 0 heterocycles. The van der Waals surface area contributed by atoms with Gasteiger partial charge in [0.2, 0.25) is 0 Å². The van der Waals surface area contributed by atoms with Crippen LogP contribution in [0.3, 0.4) is 0 Å². The summed E-state index contributed by atoms with van der Waals surface area (Å²) in [4.78, 5) is 11.2. The summed E-state index contributed by atoms with van der Waals surface area (Å²) in [7, 11) is 1.40. The molecule has 0 aliphatic rings. The van der Waals surface area contributed by atoms with Gasteiger partial charge in [-0.15, -0.1) is 0 Å². The zero-order chi connectivity index (χ0) is 12.0. The molecule has 0 radical (unpaired) electrons. The van der Waals surface area contributed by atoms with Crippen molar-refractivity contribution in [1.29, 1.82) is 0 Å².